The van der Waals surface area contributed by atoms with Gasteiger partial charge in [0.25, 0.3) is 0 Å². The van der Waals surface area contributed by atoms with Crippen LogP contribution in [0.3, 0.4) is 0 Å². The summed E-state index contributed by atoms with van der Waals surface area (Å²) in [5, 5.41) is 0. The fourth-order valence-corrected chi connectivity index (χ4v) is 1.40. The minimum Gasteiger partial charge on any atom is -0.0984 e. The maximum absolute atomic E-state index is 3.78. The predicted octanol–water partition coefficient (Wildman–Crippen LogP) is 4.06. The van der Waals surface area contributed by atoms with Crippen molar-refractivity contribution in [2.45, 2.75) is 0 Å². The summed E-state index contributed by atoms with van der Waals surface area (Å²) in [4.78, 5) is 0. The van der Waals surface area contributed by atoms with Crippen molar-refractivity contribution in [3.63, 3.8) is 0 Å². The van der Waals surface area contributed by atoms with Crippen molar-refractivity contribution in [1.82, 2.24) is 0 Å². The van der Waals surface area contributed by atoms with Crippen LogP contribution in [0.4, 0.5) is 0 Å². The molecular formula is C14H13. The Bertz CT molecular complexity index is 356. The van der Waals surface area contributed by atoms with E-state index >= 15 is 0 Å². The molecule has 0 amide bonds. The van der Waals surface area contributed by atoms with Crippen LogP contribution in [0.5, 0.6) is 0 Å². The van der Waals surface area contributed by atoms with Gasteiger partial charge in [0.1, 0.15) is 0 Å². The molecule has 14 heavy (non-hydrogen) atoms. The maximum atomic E-state index is 3.78. The number of hydrogen-bond acceptors (Lipinski definition) is 0. The Morgan fingerprint density at radius 2 is 1.50 bits per heavy atom. The van der Waals surface area contributed by atoms with E-state index < -0.39 is 0 Å². The maximum Gasteiger partial charge on any atom is -0.00928 e. The lowest BCUT2D eigenvalue weighted by atomic mass is 9.96. The van der Waals surface area contributed by atoms with Gasteiger partial charge in [0, 0.05) is 0 Å². The average molecular weight is 181 g/mol. The summed E-state index contributed by atoms with van der Waals surface area (Å²) in [7, 11) is 0. The monoisotopic (exact) mass is 181 g/mol. The fraction of sp³-hybridized carbons (Fsp3) is 0. The summed E-state index contributed by atoms with van der Waals surface area (Å²) < 4.78 is 0. The molecule has 0 N–H and O–H groups in total. The van der Waals surface area contributed by atoms with E-state index in [-0.39, 0.29) is 0 Å². The lowest BCUT2D eigenvalue weighted by Crippen LogP contribution is -1.90. The molecule has 0 atom stereocenters. The first kappa shape index (κ1) is 10.3. The minimum atomic E-state index is 0.945. The number of benzene rings is 1. The van der Waals surface area contributed by atoms with E-state index in [4.69, 9.17) is 0 Å². The first-order valence-corrected chi connectivity index (χ1v) is 4.37. The van der Waals surface area contributed by atoms with Crippen LogP contribution < -0.4 is 0 Å². The van der Waals surface area contributed by atoms with Crippen LogP contribution in [-0.4, -0.2) is 0 Å². The van der Waals surface area contributed by atoms with Gasteiger partial charge < -0.3 is 0 Å². The summed E-state index contributed by atoms with van der Waals surface area (Å²) in [5.41, 5.74) is 4.00. The molecule has 0 aliphatic rings. The highest BCUT2D eigenvalue weighted by Gasteiger charge is 2.04. The number of hydrogen-bond donors (Lipinski definition) is 0. The second kappa shape index (κ2) is 4.43. The van der Waals surface area contributed by atoms with E-state index in [0.29, 0.717) is 0 Å². The van der Waals surface area contributed by atoms with E-state index in [0.717, 1.165) is 22.3 Å². The predicted molar refractivity (Wildman–Crippen MR) is 65.6 cm³/mol. The molecule has 1 aromatic carbocycles. The molecule has 0 fully saturated rings. The van der Waals surface area contributed by atoms with Crippen LogP contribution in [0, 0.1) is 6.07 Å². The van der Waals surface area contributed by atoms with Gasteiger partial charge in [-0.15, -0.1) is 0 Å². The molecule has 0 saturated carbocycles. The summed E-state index contributed by atoms with van der Waals surface area (Å²) in [5.74, 6) is 0. The summed E-state index contributed by atoms with van der Waals surface area (Å²) in [6.07, 6.45) is 7.14. The van der Waals surface area contributed by atoms with E-state index in [1.165, 1.54) is 0 Å². The zero-order valence-corrected chi connectivity index (χ0v) is 8.22. The molecular weight excluding hydrogens is 168 g/mol. The topological polar surface area (TPSA) is 0 Å². The Hall–Kier alpha value is -1.82. The van der Waals surface area contributed by atoms with Crippen molar-refractivity contribution in [3.05, 3.63) is 60.7 Å². The summed E-state index contributed by atoms with van der Waals surface area (Å²) in [6, 6.07) is 5.01. The molecule has 0 aliphatic carbocycles. The second-order valence-electron chi connectivity index (χ2n) is 2.80. The van der Waals surface area contributed by atoms with Crippen LogP contribution in [0.25, 0.3) is 24.3 Å². The molecule has 0 unspecified atom stereocenters. The summed E-state index contributed by atoms with van der Waals surface area (Å²) >= 11 is 0. The Kier molecular flexibility index (Phi) is 3.24. The highest BCUT2D eigenvalue weighted by atomic mass is 14.1. The van der Waals surface area contributed by atoms with E-state index in [2.05, 4.69) is 32.4 Å². The normalized spacial score (nSPS) is 9.14. The SMILES string of the molecule is C=Cc1[c]cc(C=C)c(C=C)c1C=C. The molecule has 0 spiro atoms. The van der Waals surface area contributed by atoms with E-state index in [1.807, 2.05) is 6.07 Å². The molecule has 1 radical (unpaired) electrons. The number of rotatable bonds is 4. The molecule has 0 aromatic heterocycles. The van der Waals surface area contributed by atoms with Gasteiger partial charge >= 0.3 is 0 Å². The highest BCUT2D eigenvalue weighted by molar-refractivity contribution is 5.78. The van der Waals surface area contributed by atoms with Crippen LogP contribution in [0.2, 0.25) is 0 Å². The minimum absolute atomic E-state index is 0.945. The van der Waals surface area contributed by atoms with Crippen molar-refractivity contribution in [1.29, 1.82) is 0 Å². The molecule has 1 rings (SSSR count). The van der Waals surface area contributed by atoms with Gasteiger partial charge in [-0.05, 0) is 34.4 Å². The van der Waals surface area contributed by atoms with Crippen LogP contribution in [-0.2, 0) is 0 Å². The molecule has 69 valence electrons. The van der Waals surface area contributed by atoms with Gasteiger partial charge in [-0.3, -0.25) is 0 Å². The van der Waals surface area contributed by atoms with Crippen molar-refractivity contribution < 1.29 is 0 Å². The van der Waals surface area contributed by atoms with Crippen LogP contribution >= 0.6 is 0 Å². The molecule has 0 heterocycles. The first-order valence-electron chi connectivity index (χ1n) is 4.37. The Balaban J connectivity index is 3.58. The Morgan fingerprint density at radius 3 is 1.93 bits per heavy atom. The van der Waals surface area contributed by atoms with Gasteiger partial charge in [0.15, 0.2) is 0 Å². The van der Waals surface area contributed by atoms with Gasteiger partial charge in [0.05, 0.1) is 0 Å². The third kappa shape index (κ3) is 1.60. The molecule has 1 aromatic rings. The first-order chi connectivity index (χ1) is 6.78. The fourth-order valence-electron chi connectivity index (χ4n) is 1.40. The molecule has 0 saturated heterocycles. The zero-order chi connectivity index (χ0) is 10.6. The van der Waals surface area contributed by atoms with Gasteiger partial charge in [-0.25, -0.2) is 0 Å². The van der Waals surface area contributed by atoms with Gasteiger partial charge in [0.2, 0.25) is 0 Å². The van der Waals surface area contributed by atoms with Crippen molar-refractivity contribution in [3.8, 4) is 0 Å². The van der Waals surface area contributed by atoms with Crippen molar-refractivity contribution >= 4 is 24.3 Å². The highest BCUT2D eigenvalue weighted by Crippen LogP contribution is 2.23. The lowest BCUT2D eigenvalue weighted by Gasteiger charge is -2.08. The second-order valence-corrected chi connectivity index (χ2v) is 2.80. The van der Waals surface area contributed by atoms with Crippen LogP contribution in [0.1, 0.15) is 22.3 Å². The van der Waals surface area contributed by atoms with E-state index in [1.54, 1.807) is 24.3 Å². The lowest BCUT2D eigenvalue weighted by molar-refractivity contribution is 1.53. The third-order valence-electron chi connectivity index (χ3n) is 2.11. The van der Waals surface area contributed by atoms with E-state index in [9.17, 15) is 0 Å². The van der Waals surface area contributed by atoms with Gasteiger partial charge in [-0.1, -0.05) is 50.6 Å². The third-order valence-corrected chi connectivity index (χ3v) is 2.11. The molecule has 0 bridgehead atoms. The molecule has 0 heteroatoms. The standard InChI is InChI=1S/C14H13/c1-5-11-9-10-12(6-2)14(8-4)13(11)7-3/h5-9H,1-4H2. The quantitative estimate of drug-likeness (QED) is 0.657. The van der Waals surface area contributed by atoms with Crippen molar-refractivity contribution in [2.24, 2.45) is 0 Å². The molecule has 0 aliphatic heterocycles. The summed E-state index contributed by atoms with van der Waals surface area (Å²) in [6.45, 7) is 15.0. The Labute approximate surface area is 85.6 Å². The van der Waals surface area contributed by atoms with Crippen molar-refractivity contribution in [2.75, 3.05) is 0 Å². The smallest absolute Gasteiger partial charge is 0.00928 e. The largest absolute Gasteiger partial charge is 0.0984 e. The zero-order valence-electron chi connectivity index (χ0n) is 8.22. The van der Waals surface area contributed by atoms with Crippen LogP contribution in [0.15, 0.2) is 32.4 Å². The Morgan fingerprint density at radius 1 is 0.857 bits per heavy atom. The van der Waals surface area contributed by atoms with Gasteiger partial charge in [-0.2, -0.15) is 0 Å². The average Bonchev–Trinajstić information content (AvgIpc) is 2.26. The molecule has 0 nitrogen and oxygen atoms in total.